The van der Waals surface area contributed by atoms with Gasteiger partial charge in [-0.3, -0.25) is 0 Å². The van der Waals surface area contributed by atoms with Crippen LogP contribution in [0.4, 0.5) is 5.69 Å². The van der Waals surface area contributed by atoms with Gasteiger partial charge in [0.15, 0.2) is 0 Å². The van der Waals surface area contributed by atoms with Crippen molar-refractivity contribution >= 4 is 5.69 Å². The minimum Gasteiger partial charge on any atom is -0.485 e. The second-order valence-corrected chi connectivity index (χ2v) is 7.51. The topological polar surface area (TPSA) is 94.0 Å². The molecule has 0 unspecified atom stereocenters. The molecular formula is C22H22N4O2. The second-order valence-electron chi connectivity index (χ2n) is 7.51. The lowest BCUT2D eigenvalue weighted by atomic mass is 9.85. The number of benzene rings is 2. The fourth-order valence-electron chi connectivity index (χ4n) is 3.58. The monoisotopic (exact) mass is 374 g/mol. The van der Waals surface area contributed by atoms with E-state index in [0.29, 0.717) is 17.7 Å². The summed E-state index contributed by atoms with van der Waals surface area (Å²) in [5.41, 5.74) is 2.51. The van der Waals surface area contributed by atoms with Crippen molar-refractivity contribution in [3.63, 3.8) is 0 Å². The van der Waals surface area contributed by atoms with Crippen molar-refractivity contribution in [2.24, 2.45) is 0 Å². The maximum Gasteiger partial charge on any atom is 0.132 e. The highest BCUT2D eigenvalue weighted by Gasteiger charge is 2.43. The number of aliphatic hydroxyl groups is 1. The Morgan fingerprint density at radius 3 is 2.86 bits per heavy atom. The molecule has 0 fully saturated rings. The number of H-pyrrole nitrogens is 1. The number of anilines is 1. The highest BCUT2D eigenvalue weighted by atomic mass is 16.5. The van der Waals surface area contributed by atoms with Crippen LogP contribution in [0.2, 0.25) is 0 Å². The van der Waals surface area contributed by atoms with Gasteiger partial charge < -0.3 is 20.1 Å². The normalized spacial score (nSPS) is 19.9. The van der Waals surface area contributed by atoms with E-state index < -0.39 is 17.7 Å². The van der Waals surface area contributed by atoms with Gasteiger partial charge in [-0.15, -0.1) is 0 Å². The van der Waals surface area contributed by atoms with E-state index in [2.05, 4.69) is 21.4 Å². The van der Waals surface area contributed by atoms with E-state index in [0.717, 1.165) is 22.6 Å². The van der Waals surface area contributed by atoms with E-state index >= 15 is 0 Å². The van der Waals surface area contributed by atoms with Crippen molar-refractivity contribution in [3.05, 3.63) is 77.4 Å². The molecule has 2 heterocycles. The molecular weight excluding hydrogens is 352 g/mol. The lowest BCUT2D eigenvalue weighted by molar-refractivity contribution is -0.0532. The smallest absolute Gasteiger partial charge is 0.132 e. The van der Waals surface area contributed by atoms with Gasteiger partial charge in [-0.1, -0.05) is 18.2 Å². The molecule has 0 aliphatic carbocycles. The molecule has 142 valence electrons. The van der Waals surface area contributed by atoms with Gasteiger partial charge in [0.2, 0.25) is 0 Å². The summed E-state index contributed by atoms with van der Waals surface area (Å²) in [5, 5.41) is 23.8. The van der Waals surface area contributed by atoms with Crippen molar-refractivity contribution in [2.45, 2.75) is 38.0 Å². The van der Waals surface area contributed by atoms with E-state index in [-0.39, 0.29) is 0 Å². The molecule has 3 N–H and O–H groups in total. The van der Waals surface area contributed by atoms with Gasteiger partial charge in [0.25, 0.3) is 0 Å². The lowest BCUT2D eigenvalue weighted by Gasteiger charge is -2.43. The van der Waals surface area contributed by atoms with Gasteiger partial charge in [0, 0.05) is 30.1 Å². The number of nitrogens with one attached hydrogen (secondary N) is 2. The summed E-state index contributed by atoms with van der Waals surface area (Å²) in [7, 11) is 0. The maximum atomic E-state index is 11.0. The van der Waals surface area contributed by atoms with Gasteiger partial charge in [0.05, 0.1) is 17.7 Å². The standard InChI is InChI=1S/C22H22N4O2/c1-22(2)21(27)20(16-11-14(13-23)7-8-18(16)28-22)26-17-6-4-3-5-15(17)12-19-24-9-10-25-19/h3-11,20-21,26-27H,12H2,1-2H3,(H,24,25)/t20-,21+/m0/s1. The zero-order valence-corrected chi connectivity index (χ0v) is 15.8. The van der Waals surface area contributed by atoms with Crippen LogP contribution in [0, 0.1) is 11.3 Å². The number of para-hydroxylation sites is 1. The largest absolute Gasteiger partial charge is 0.485 e. The van der Waals surface area contributed by atoms with Crippen molar-refractivity contribution in [2.75, 3.05) is 5.32 Å². The SMILES string of the molecule is CC1(C)Oc2ccc(C#N)cc2[C@H](Nc2ccccc2Cc2ncc[nH]2)[C@H]1O. The Bertz CT molecular complexity index is 1020. The Kier molecular flexibility index (Phi) is 4.54. The number of nitrogens with zero attached hydrogens (tertiary/aromatic N) is 2. The van der Waals surface area contributed by atoms with E-state index in [9.17, 15) is 10.4 Å². The molecule has 0 radical (unpaired) electrons. The molecule has 0 saturated heterocycles. The number of imidazole rings is 1. The Balaban J connectivity index is 1.72. The predicted molar refractivity (Wildman–Crippen MR) is 106 cm³/mol. The van der Waals surface area contributed by atoms with E-state index in [1.165, 1.54) is 0 Å². The number of rotatable bonds is 4. The van der Waals surface area contributed by atoms with E-state index in [1.54, 1.807) is 30.6 Å². The molecule has 28 heavy (non-hydrogen) atoms. The fraction of sp³-hybridized carbons (Fsp3) is 0.273. The molecule has 6 heteroatoms. The van der Waals surface area contributed by atoms with Crippen LogP contribution in [0.25, 0.3) is 0 Å². The van der Waals surface area contributed by atoms with Crippen LogP contribution in [0.5, 0.6) is 5.75 Å². The number of aromatic amines is 1. The summed E-state index contributed by atoms with van der Waals surface area (Å²) >= 11 is 0. The summed E-state index contributed by atoms with van der Waals surface area (Å²) in [6.07, 6.45) is 3.38. The Labute approximate surface area is 163 Å². The number of hydrogen-bond donors (Lipinski definition) is 3. The van der Waals surface area contributed by atoms with Crippen LogP contribution in [-0.2, 0) is 6.42 Å². The van der Waals surface area contributed by atoms with Crippen LogP contribution in [0.3, 0.4) is 0 Å². The lowest BCUT2D eigenvalue weighted by Crippen LogP contribution is -2.50. The zero-order chi connectivity index (χ0) is 19.7. The molecule has 0 saturated carbocycles. The third-order valence-corrected chi connectivity index (χ3v) is 5.12. The van der Waals surface area contributed by atoms with Gasteiger partial charge in [0.1, 0.15) is 23.3 Å². The Hall–Kier alpha value is -3.30. The minimum absolute atomic E-state index is 0.412. The van der Waals surface area contributed by atoms with Crippen molar-refractivity contribution in [1.29, 1.82) is 5.26 Å². The highest BCUT2D eigenvalue weighted by molar-refractivity contribution is 5.56. The van der Waals surface area contributed by atoms with Crippen LogP contribution in [-0.4, -0.2) is 26.8 Å². The number of nitriles is 1. The maximum absolute atomic E-state index is 11.0. The Morgan fingerprint density at radius 2 is 2.11 bits per heavy atom. The van der Waals surface area contributed by atoms with Crippen LogP contribution in [0.1, 0.15) is 42.4 Å². The average Bonchev–Trinajstić information content (AvgIpc) is 3.19. The summed E-state index contributed by atoms with van der Waals surface area (Å²) in [6, 6.07) is 15.0. The molecule has 2 aromatic carbocycles. The van der Waals surface area contributed by atoms with Crippen molar-refractivity contribution in [3.8, 4) is 11.8 Å². The summed E-state index contributed by atoms with van der Waals surface area (Å²) < 4.78 is 6.00. The molecule has 0 amide bonds. The molecule has 0 bridgehead atoms. The number of aromatic nitrogens is 2. The average molecular weight is 374 g/mol. The molecule has 4 rings (SSSR count). The zero-order valence-electron chi connectivity index (χ0n) is 15.8. The second kappa shape index (κ2) is 7.02. The van der Waals surface area contributed by atoms with Crippen LogP contribution in [0.15, 0.2) is 54.9 Å². The molecule has 1 aromatic heterocycles. The quantitative estimate of drug-likeness (QED) is 0.649. The first-order valence-electron chi connectivity index (χ1n) is 9.22. The molecule has 6 nitrogen and oxygen atoms in total. The molecule has 1 aliphatic rings. The third kappa shape index (κ3) is 3.32. The van der Waals surface area contributed by atoms with Crippen molar-refractivity contribution in [1.82, 2.24) is 9.97 Å². The van der Waals surface area contributed by atoms with Crippen LogP contribution < -0.4 is 10.1 Å². The van der Waals surface area contributed by atoms with Gasteiger partial charge in [-0.25, -0.2) is 4.98 Å². The highest BCUT2D eigenvalue weighted by Crippen LogP contribution is 2.42. The predicted octanol–water partition coefficient (Wildman–Crippen LogP) is 3.56. The number of hydrogen-bond acceptors (Lipinski definition) is 5. The molecule has 2 atom stereocenters. The van der Waals surface area contributed by atoms with Gasteiger partial charge in [-0.2, -0.15) is 5.26 Å². The summed E-state index contributed by atoms with van der Waals surface area (Å²) in [5.74, 6) is 1.55. The first-order valence-corrected chi connectivity index (χ1v) is 9.22. The first-order chi connectivity index (χ1) is 13.5. The molecule has 0 spiro atoms. The van der Waals surface area contributed by atoms with Gasteiger partial charge in [-0.05, 0) is 43.7 Å². The van der Waals surface area contributed by atoms with Crippen LogP contribution >= 0.6 is 0 Å². The summed E-state index contributed by atoms with van der Waals surface area (Å²) in [6.45, 7) is 3.73. The van der Waals surface area contributed by atoms with Gasteiger partial charge >= 0.3 is 0 Å². The first kappa shape index (κ1) is 18.1. The van der Waals surface area contributed by atoms with Crippen molar-refractivity contribution < 1.29 is 9.84 Å². The number of ether oxygens (including phenoxy) is 1. The number of aliphatic hydroxyl groups excluding tert-OH is 1. The minimum atomic E-state index is -0.800. The summed E-state index contributed by atoms with van der Waals surface area (Å²) in [4.78, 5) is 7.43. The number of fused-ring (bicyclic) bond motifs is 1. The molecule has 3 aromatic rings. The Morgan fingerprint density at radius 1 is 1.29 bits per heavy atom. The molecule has 1 aliphatic heterocycles. The fourth-order valence-corrected chi connectivity index (χ4v) is 3.58. The van der Waals surface area contributed by atoms with E-state index in [4.69, 9.17) is 4.74 Å². The van der Waals surface area contributed by atoms with E-state index in [1.807, 2.05) is 38.1 Å². The third-order valence-electron chi connectivity index (χ3n) is 5.12.